The van der Waals surface area contributed by atoms with E-state index < -0.39 is 11.4 Å². The van der Waals surface area contributed by atoms with Gasteiger partial charge in [-0.3, -0.25) is 4.79 Å². The van der Waals surface area contributed by atoms with Crippen LogP contribution in [0.4, 0.5) is 4.39 Å². The minimum Gasteiger partial charge on any atom is -0.481 e. The van der Waals surface area contributed by atoms with Crippen molar-refractivity contribution >= 4 is 16.9 Å². The molecule has 0 atom stereocenters. The first-order valence-corrected chi connectivity index (χ1v) is 5.14. The van der Waals surface area contributed by atoms with E-state index in [0.29, 0.717) is 23.8 Å². The summed E-state index contributed by atoms with van der Waals surface area (Å²) in [5.41, 5.74) is 0.699. The third kappa shape index (κ3) is 1.10. The summed E-state index contributed by atoms with van der Waals surface area (Å²) < 4.78 is 13.1. The normalized spacial score (nSPS) is 17.6. The van der Waals surface area contributed by atoms with Crippen LogP contribution in [0.15, 0.2) is 24.4 Å². The van der Waals surface area contributed by atoms with Gasteiger partial charge in [0, 0.05) is 17.1 Å². The molecule has 1 heterocycles. The Kier molecular flexibility index (Phi) is 1.67. The van der Waals surface area contributed by atoms with Crippen molar-refractivity contribution in [2.45, 2.75) is 18.3 Å². The standard InChI is InChI=1S/C12H10FNO2/c13-7-1-2-10-8(5-7)9(6-14-10)12(3-4-12)11(15)16/h1-2,5-6,14H,3-4H2,(H,15,16). The van der Waals surface area contributed by atoms with Crippen LogP contribution in [0.3, 0.4) is 0 Å². The lowest BCUT2D eigenvalue weighted by Gasteiger charge is -2.07. The number of aromatic nitrogens is 1. The molecule has 3 nitrogen and oxygen atoms in total. The molecule has 82 valence electrons. The maximum absolute atomic E-state index is 13.1. The molecule has 1 aliphatic carbocycles. The fraction of sp³-hybridized carbons (Fsp3) is 0.250. The molecule has 0 bridgehead atoms. The van der Waals surface area contributed by atoms with Crippen LogP contribution >= 0.6 is 0 Å². The predicted molar refractivity (Wildman–Crippen MR) is 56.8 cm³/mol. The zero-order valence-electron chi connectivity index (χ0n) is 8.46. The summed E-state index contributed by atoms with van der Waals surface area (Å²) in [7, 11) is 0. The molecule has 4 heteroatoms. The van der Waals surface area contributed by atoms with Crippen LogP contribution in [0.1, 0.15) is 18.4 Å². The lowest BCUT2D eigenvalue weighted by molar-refractivity contribution is -0.140. The minimum atomic E-state index is -0.822. The number of H-pyrrole nitrogens is 1. The molecular formula is C12H10FNO2. The van der Waals surface area contributed by atoms with Crippen LogP contribution in [0, 0.1) is 5.82 Å². The maximum atomic E-state index is 13.1. The van der Waals surface area contributed by atoms with Gasteiger partial charge in [0.1, 0.15) is 5.82 Å². The van der Waals surface area contributed by atoms with E-state index in [2.05, 4.69) is 4.98 Å². The van der Waals surface area contributed by atoms with Gasteiger partial charge in [0.25, 0.3) is 0 Å². The number of carbonyl (C=O) groups is 1. The summed E-state index contributed by atoms with van der Waals surface area (Å²) in [4.78, 5) is 14.2. The van der Waals surface area contributed by atoms with Crippen LogP contribution in [0.5, 0.6) is 0 Å². The Bertz CT molecular complexity index is 584. The molecule has 2 N–H and O–H groups in total. The average Bonchev–Trinajstić information content (AvgIpc) is 2.95. The first-order valence-electron chi connectivity index (χ1n) is 5.14. The van der Waals surface area contributed by atoms with Crippen molar-refractivity contribution < 1.29 is 14.3 Å². The Balaban J connectivity index is 2.25. The number of nitrogens with one attached hydrogen (secondary N) is 1. The van der Waals surface area contributed by atoms with Crippen molar-refractivity contribution in [2.75, 3.05) is 0 Å². The topological polar surface area (TPSA) is 53.1 Å². The molecule has 3 rings (SSSR count). The Morgan fingerprint density at radius 1 is 1.44 bits per heavy atom. The Labute approximate surface area is 90.9 Å². The Hall–Kier alpha value is -1.84. The van der Waals surface area contributed by atoms with E-state index >= 15 is 0 Å². The Morgan fingerprint density at radius 2 is 2.19 bits per heavy atom. The van der Waals surface area contributed by atoms with E-state index in [0.717, 1.165) is 5.52 Å². The highest BCUT2D eigenvalue weighted by molar-refractivity contribution is 5.94. The van der Waals surface area contributed by atoms with E-state index in [1.165, 1.54) is 12.1 Å². The van der Waals surface area contributed by atoms with Gasteiger partial charge in [-0.1, -0.05) is 0 Å². The monoisotopic (exact) mass is 219 g/mol. The van der Waals surface area contributed by atoms with Gasteiger partial charge in [-0.2, -0.15) is 0 Å². The van der Waals surface area contributed by atoms with Gasteiger partial charge in [0.05, 0.1) is 5.41 Å². The molecule has 0 unspecified atom stereocenters. The summed E-state index contributed by atoms with van der Waals surface area (Å²) in [5.74, 6) is -1.16. The molecule has 1 aromatic carbocycles. The number of aromatic amines is 1. The van der Waals surface area contributed by atoms with Crippen molar-refractivity contribution in [3.63, 3.8) is 0 Å². The van der Waals surface area contributed by atoms with Crippen LogP contribution in [-0.2, 0) is 10.2 Å². The second kappa shape index (κ2) is 2.84. The third-order valence-electron chi connectivity index (χ3n) is 3.32. The molecule has 16 heavy (non-hydrogen) atoms. The predicted octanol–water partition coefficient (Wildman–Crippen LogP) is 2.42. The fourth-order valence-corrected chi connectivity index (χ4v) is 2.21. The highest BCUT2D eigenvalue weighted by Crippen LogP contribution is 2.50. The summed E-state index contributed by atoms with van der Waals surface area (Å²) in [6.07, 6.45) is 2.95. The third-order valence-corrected chi connectivity index (χ3v) is 3.32. The number of fused-ring (bicyclic) bond motifs is 1. The number of carboxylic acid groups (broad SMARTS) is 1. The fourth-order valence-electron chi connectivity index (χ4n) is 2.21. The number of benzene rings is 1. The van der Waals surface area contributed by atoms with Crippen LogP contribution < -0.4 is 0 Å². The summed E-state index contributed by atoms with van der Waals surface area (Å²) in [5, 5.41) is 9.88. The molecule has 1 saturated carbocycles. The SMILES string of the molecule is O=C(O)C1(c2c[nH]c3ccc(F)cc23)CC1. The molecule has 0 saturated heterocycles. The molecule has 1 aromatic heterocycles. The highest BCUT2D eigenvalue weighted by atomic mass is 19.1. The second-order valence-electron chi connectivity index (χ2n) is 4.28. The van der Waals surface area contributed by atoms with Gasteiger partial charge in [-0.05, 0) is 36.6 Å². The van der Waals surface area contributed by atoms with Crippen molar-refractivity contribution in [3.05, 3.63) is 35.8 Å². The van der Waals surface area contributed by atoms with Gasteiger partial charge in [0.2, 0.25) is 0 Å². The molecule has 0 radical (unpaired) electrons. The minimum absolute atomic E-state index is 0.338. The van der Waals surface area contributed by atoms with Crippen LogP contribution in [0.2, 0.25) is 0 Å². The number of hydrogen-bond acceptors (Lipinski definition) is 1. The van der Waals surface area contributed by atoms with E-state index in [4.69, 9.17) is 0 Å². The van der Waals surface area contributed by atoms with Gasteiger partial charge in [-0.15, -0.1) is 0 Å². The molecule has 0 spiro atoms. The van der Waals surface area contributed by atoms with Gasteiger partial charge in [0.15, 0.2) is 0 Å². The molecule has 0 aliphatic heterocycles. The van der Waals surface area contributed by atoms with E-state index in [1.54, 1.807) is 12.3 Å². The molecule has 1 fully saturated rings. The quantitative estimate of drug-likeness (QED) is 0.814. The van der Waals surface area contributed by atoms with Crippen molar-refractivity contribution in [2.24, 2.45) is 0 Å². The summed E-state index contributed by atoms with van der Waals surface area (Å²) >= 11 is 0. The molecule has 0 amide bonds. The largest absolute Gasteiger partial charge is 0.481 e. The van der Waals surface area contributed by atoms with Crippen molar-refractivity contribution in [1.29, 1.82) is 0 Å². The van der Waals surface area contributed by atoms with Crippen LogP contribution in [-0.4, -0.2) is 16.1 Å². The van der Waals surface area contributed by atoms with E-state index in [9.17, 15) is 14.3 Å². The van der Waals surface area contributed by atoms with E-state index in [1.807, 2.05) is 0 Å². The zero-order chi connectivity index (χ0) is 11.3. The number of hydrogen-bond donors (Lipinski definition) is 2. The first-order chi connectivity index (χ1) is 7.63. The zero-order valence-corrected chi connectivity index (χ0v) is 8.46. The van der Waals surface area contributed by atoms with E-state index in [-0.39, 0.29) is 5.82 Å². The van der Waals surface area contributed by atoms with Gasteiger partial charge < -0.3 is 10.1 Å². The Morgan fingerprint density at radius 3 is 2.81 bits per heavy atom. The lowest BCUT2D eigenvalue weighted by Crippen LogP contribution is -2.18. The highest BCUT2D eigenvalue weighted by Gasteiger charge is 2.52. The van der Waals surface area contributed by atoms with Crippen LogP contribution in [0.25, 0.3) is 10.9 Å². The number of aliphatic carboxylic acids is 1. The summed E-state index contributed by atoms with van der Waals surface area (Å²) in [6.45, 7) is 0. The first kappa shape index (κ1) is 9.39. The smallest absolute Gasteiger partial charge is 0.314 e. The number of carboxylic acids is 1. The molecule has 1 aliphatic rings. The molecule has 2 aromatic rings. The van der Waals surface area contributed by atoms with Gasteiger partial charge >= 0.3 is 5.97 Å². The van der Waals surface area contributed by atoms with Gasteiger partial charge in [-0.25, -0.2) is 4.39 Å². The molecular weight excluding hydrogens is 209 g/mol. The summed E-state index contributed by atoms with van der Waals surface area (Å²) in [6, 6.07) is 4.39. The second-order valence-corrected chi connectivity index (χ2v) is 4.28. The number of rotatable bonds is 2. The lowest BCUT2D eigenvalue weighted by atomic mass is 9.96. The average molecular weight is 219 g/mol. The van der Waals surface area contributed by atoms with Crippen molar-refractivity contribution in [1.82, 2.24) is 4.98 Å². The number of halogens is 1. The van der Waals surface area contributed by atoms with Crippen molar-refractivity contribution in [3.8, 4) is 0 Å². The maximum Gasteiger partial charge on any atom is 0.314 e.